The van der Waals surface area contributed by atoms with Crippen molar-refractivity contribution in [3.05, 3.63) is 34.5 Å². The first-order chi connectivity index (χ1) is 12.1. The van der Waals surface area contributed by atoms with Crippen LogP contribution in [-0.2, 0) is 0 Å². The maximum absolute atomic E-state index is 12.8. The van der Waals surface area contributed by atoms with Gasteiger partial charge in [-0.15, -0.1) is 0 Å². The summed E-state index contributed by atoms with van der Waals surface area (Å²) in [5.74, 6) is 0.434. The zero-order chi connectivity index (χ0) is 17.4. The molecule has 1 aliphatic heterocycles. The lowest BCUT2D eigenvalue weighted by molar-refractivity contribution is 0.0929. The Balaban J connectivity index is 1.67. The van der Waals surface area contributed by atoms with Crippen LogP contribution in [0.3, 0.4) is 0 Å². The number of hydrogen-bond donors (Lipinski definition) is 4. The summed E-state index contributed by atoms with van der Waals surface area (Å²) in [5, 5.41) is 14.2. The zero-order valence-electron chi connectivity index (χ0n) is 13.8. The lowest BCUT2D eigenvalue weighted by atomic mass is 10.1. The van der Waals surface area contributed by atoms with Crippen LogP contribution < -0.4 is 10.6 Å². The summed E-state index contributed by atoms with van der Waals surface area (Å²) in [6.45, 7) is 3.69. The smallest absolute Gasteiger partial charge is 0.255 e. The fraction of sp³-hybridized carbons (Fsp3) is 0.353. The SMILES string of the molecule is Cc1[nH]nc(-c2nc3ccc(Cl)cc3[nH]2)c1C(=O)NC1CCNCC1. The summed E-state index contributed by atoms with van der Waals surface area (Å²) in [5.41, 5.74) is 3.37. The van der Waals surface area contributed by atoms with E-state index < -0.39 is 0 Å². The van der Waals surface area contributed by atoms with Gasteiger partial charge < -0.3 is 15.6 Å². The molecule has 0 radical (unpaired) electrons. The molecule has 1 amide bonds. The minimum Gasteiger partial charge on any atom is -0.349 e. The van der Waals surface area contributed by atoms with Crippen LogP contribution >= 0.6 is 11.6 Å². The lowest BCUT2D eigenvalue weighted by Gasteiger charge is -2.23. The average Bonchev–Trinajstić information content (AvgIpc) is 3.18. The number of amides is 1. The van der Waals surface area contributed by atoms with E-state index in [2.05, 4.69) is 30.8 Å². The van der Waals surface area contributed by atoms with E-state index >= 15 is 0 Å². The number of fused-ring (bicyclic) bond motifs is 1. The van der Waals surface area contributed by atoms with E-state index in [4.69, 9.17) is 11.6 Å². The zero-order valence-corrected chi connectivity index (χ0v) is 14.6. The van der Waals surface area contributed by atoms with Crippen LogP contribution in [0, 0.1) is 6.92 Å². The van der Waals surface area contributed by atoms with E-state index in [0.29, 0.717) is 22.1 Å². The van der Waals surface area contributed by atoms with E-state index in [0.717, 1.165) is 42.7 Å². The fourth-order valence-electron chi connectivity index (χ4n) is 3.20. The number of nitrogens with one attached hydrogen (secondary N) is 4. The number of aromatic amines is 2. The van der Waals surface area contributed by atoms with Crippen LogP contribution in [0.4, 0.5) is 0 Å². The first-order valence-corrected chi connectivity index (χ1v) is 8.72. The molecule has 0 atom stereocenters. The number of carbonyl (C=O) groups excluding carboxylic acids is 1. The number of H-pyrrole nitrogens is 2. The largest absolute Gasteiger partial charge is 0.349 e. The normalized spacial score (nSPS) is 15.6. The highest BCUT2D eigenvalue weighted by Gasteiger charge is 2.24. The van der Waals surface area contributed by atoms with Gasteiger partial charge in [-0.25, -0.2) is 4.98 Å². The maximum Gasteiger partial charge on any atom is 0.255 e. The average molecular weight is 359 g/mol. The number of hydrogen-bond acceptors (Lipinski definition) is 4. The summed E-state index contributed by atoms with van der Waals surface area (Å²) in [4.78, 5) is 20.5. The van der Waals surface area contributed by atoms with Crippen molar-refractivity contribution >= 4 is 28.5 Å². The molecule has 0 bridgehead atoms. The molecule has 2 aromatic heterocycles. The molecule has 8 heteroatoms. The molecular formula is C17H19ClN6O. The second-order valence-corrected chi connectivity index (χ2v) is 6.75. The molecule has 1 saturated heterocycles. The molecule has 3 heterocycles. The molecule has 1 aliphatic rings. The molecule has 7 nitrogen and oxygen atoms in total. The molecule has 0 saturated carbocycles. The van der Waals surface area contributed by atoms with Crippen molar-refractivity contribution in [2.24, 2.45) is 0 Å². The molecule has 0 spiro atoms. The Bertz CT molecular complexity index is 925. The predicted molar refractivity (Wildman–Crippen MR) is 96.8 cm³/mol. The van der Waals surface area contributed by atoms with Crippen LogP contribution in [0.2, 0.25) is 5.02 Å². The minimum atomic E-state index is -0.119. The number of piperidine rings is 1. The second-order valence-electron chi connectivity index (χ2n) is 6.32. The Morgan fingerprint density at radius 1 is 1.32 bits per heavy atom. The van der Waals surface area contributed by atoms with Gasteiger partial charge in [-0.05, 0) is 51.1 Å². The molecule has 0 aliphatic carbocycles. The van der Waals surface area contributed by atoms with Crippen molar-refractivity contribution in [2.45, 2.75) is 25.8 Å². The molecule has 4 rings (SSSR count). The van der Waals surface area contributed by atoms with E-state index in [1.54, 1.807) is 6.07 Å². The van der Waals surface area contributed by atoms with Crippen molar-refractivity contribution < 1.29 is 4.79 Å². The Morgan fingerprint density at radius 2 is 2.12 bits per heavy atom. The van der Waals surface area contributed by atoms with Gasteiger partial charge in [0.1, 0.15) is 5.69 Å². The third-order valence-electron chi connectivity index (χ3n) is 4.52. The van der Waals surface area contributed by atoms with Gasteiger partial charge in [-0.1, -0.05) is 11.6 Å². The van der Waals surface area contributed by atoms with E-state index in [1.807, 2.05) is 19.1 Å². The van der Waals surface area contributed by atoms with Crippen LogP contribution in [0.25, 0.3) is 22.6 Å². The molecule has 0 unspecified atom stereocenters. The number of benzene rings is 1. The minimum absolute atomic E-state index is 0.119. The highest BCUT2D eigenvalue weighted by molar-refractivity contribution is 6.31. The number of halogens is 1. The highest BCUT2D eigenvalue weighted by atomic mass is 35.5. The number of aromatic nitrogens is 4. The van der Waals surface area contributed by atoms with Gasteiger partial charge in [0, 0.05) is 16.8 Å². The predicted octanol–water partition coefficient (Wildman–Crippen LogP) is 2.40. The number of nitrogens with zero attached hydrogens (tertiary/aromatic N) is 2. The summed E-state index contributed by atoms with van der Waals surface area (Å²) in [6, 6.07) is 5.62. The van der Waals surface area contributed by atoms with E-state index in [1.165, 1.54) is 0 Å². The van der Waals surface area contributed by atoms with Crippen molar-refractivity contribution in [1.29, 1.82) is 0 Å². The molecule has 130 valence electrons. The van der Waals surface area contributed by atoms with Gasteiger partial charge in [-0.3, -0.25) is 9.89 Å². The van der Waals surface area contributed by atoms with Gasteiger partial charge in [0.05, 0.1) is 16.6 Å². The maximum atomic E-state index is 12.8. The topological polar surface area (TPSA) is 98.5 Å². The summed E-state index contributed by atoms with van der Waals surface area (Å²) in [6.07, 6.45) is 1.86. The summed E-state index contributed by atoms with van der Waals surface area (Å²) >= 11 is 6.03. The van der Waals surface area contributed by atoms with E-state index in [9.17, 15) is 4.79 Å². The number of imidazole rings is 1. The lowest BCUT2D eigenvalue weighted by Crippen LogP contribution is -2.42. The van der Waals surface area contributed by atoms with Crippen LogP contribution in [0.5, 0.6) is 0 Å². The summed E-state index contributed by atoms with van der Waals surface area (Å²) in [7, 11) is 0. The number of carbonyl (C=O) groups is 1. The van der Waals surface area contributed by atoms with Crippen molar-refractivity contribution in [2.75, 3.05) is 13.1 Å². The van der Waals surface area contributed by atoms with Crippen LogP contribution in [0.1, 0.15) is 28.9 Å². The van der Waals surface area contributed by atoms with Gasteiger partial charge in [0.2, 0.25) is 0 Å². The quantitative estimate of drug-likeness (QED) is 0.577. The second kappa shape index (κ2) is 6.50. The fourth-order valence-corrected chi connectivity index (χ4v) is 3.37. The standard InChI is InChI=1S/C17H19ClN6O/c1-9-14(17(25)20-11-4-6-19-7-5-11)15(24-23-9)16-21-12-3-2-10(18)8-13(12)22-16/h2-3,8,11,19H,4-7H2,1H3,(H,20,25)(H,21,22)(H,23,24). The molecule has 1 fully saturated rings. The molecule has 25 heavy (non-hydrogen) atoms. The summed E-state index contributed by atoms with van der Waals surface area (Å²) < 4.78 is 0. The van der Waals surface area contributed by atoms with Crippen LogP contribution in [-0.4, -0.2) is 45.2 Å². The Hall–Kier alpha value is -2.38. The molecule has 3 aromatic rings. The first kappa shape index (κ1) is 16.1. The Labute approximate surface area is 149 Å². The van der Waals surface area contributed by atoms with Gasteiger partial charge in [-0.2, -0.15) is 5.10 Å². The highest BCUT2D eigenvalue weighted by Crippen LogP contribution is 2.25. The monoisotopic (exact) mass is 358 g/mol. The number of aryl methyl sites for hydroxylation is 1. The van der Waals surface area contributed by atoms with Crippen molar-refractivity contribution in [3.63, 3.8) is 0 Å². The Kier molecular flexibility index (Phi) is 4.19. The molecule has 4 N–H and O–H groups in total. The molecular weight excluding hydrogens is 340 g/mol. The van der Waals surface area contributed by atoms with Crippen molar-refractivity contribution in [1.82, 2.24) is 30.8 Å². The first-order valence-electron chi connectivity index (χ1n) is 8.34. The Morgan fingerprint density at radius 3 is 2.92 bits per heavy atom. The van der Waals surface area contributed by atoms with Crippen molar-refractivity contribution in [3.8, 4) is 11.5 Å². The van der Waals surface area contributed by atoms with E-state index in [-0.39, 0.29) is 11.9 Å². The number of rotatable bonds is 3. The van der Waals surface area contributed by atoms with Crippen LogP contribution in [0.15, 0.2) is 18.2 Å². The van der Waals surface area contributed by atoms with Gasteiger partial charge >= 0.3 is 0 Å². The van der Waals surface area contributed by atoms with Gasteiger partial charge in [0.25, 0.3) is 5.91 Å². The third kappa shape index (κ3) is 3.12. The molecule has 1 aromatic carbocycles. The third-order valence-corrected chi connectivity index (χ3v) is 4.75. The van der Waals surface area contributed by atoms with Gasteiger partial charge in [0.15, 0.2) is 5.82 Å².